The molecule has 0 saturated heterocycles. The van der Waals surface area contributed by atoms with Gasteiger partial charge in [0.05, 0.1) is 0 Å². The van der Waals surface area contributed by atoms with Crippen LogP contribution in [0.1, 0.15) is 45.2 Å². The van der Waals surface area contributed by atoms with Crippen molar-refractivity contribution < 1.29 is 0 Å². The van der Waals surface area contributed by atoms with E-state index in [4.69, 9.17) is 0 Å². The van der Waals surface area contributed by atoms with Gasteiger partial charge in [0.25, 0.3) is 5.56 Å². The van der Waals surface area contributed by atoms with E-state index in [0.717, 1.165) is 29.4 Å². The highest BCUT2D eigenvalue weighted by molar-refractivity contribution is 5.55. The smallest absolute Gasteiger partial charge is 0.251 e. The molecule has 1 aliphatic carbocycles. The fourth-order valence-corrected chi connectivity index (χ4v) is 2.66. The van der Waals surface area contributed by atoms with Crippen LogP contribution < -0.4 is 10.9 Å². The van der Waals surface area contributed by atoms with E-state index in [1.165, 1.54) is 31.7 Å². The summed E-state index contributed by atoms with van der Waals surface area (Å²) in [7, 11) is 0. The van der Waals surface area contributed by atoms with Gasteiger partial charge in [-0.1, -0.05) is 19.8 Å². The molecule has 0 aliphatic heterocycles. The van der Waals surface area contributed by atoms with E-state index < -0.39 is 0 Å². The van der Waals surface area contributed by atoms with E-state index in [1.54, 1.807) is 6.20 Å². The maximum atomic E-state index is 11.7. The molecule has 0 spiro atoms. The molecule has 0 radical (unpaired) electrons. The van der Waals surface area contributed by atoms with Gasteiger partial charge in [0.1, 0.15) is 11.6 Å². The summed E-state index contributed by atoms with van der Waals surface area (Å²) in [5.74, 6) is 2.41. The van der Waals surface area contributed by atoms with Gasteiger partial charge < -0.3 is 10.3 Å². The molecule has 1 atom stereocenters. The van der Waals surface area contributed by atoms with Crippen LogP contribution in [0.4, 0.5) is 5.82 Å². The number of pyridine rings is 1. The number of hydrogen-bond acceptors (Lipinski definition) is 4. The van der Waals surface area contributed by atoms with E-state index in [1.807, 2.05) is 19.1 Å². The van der Waals surface area contributed by atoms with E-state index in [2.05, 4.69) is 27.2 Å². The second-order valence-corrected chi connectivity index (χ2v) is 6.44. The maximum Gasteiger partial charge on any atom is 0.251 e. The van der Waals surface area contributed by atoms with Crippen molar-refractivity contribution >= 4 is 5.82 Å². The summed E-state index contributed by atoms with van der Waals surface area (Å²) in [6.07, 6.45) is 7.79. The number of anilines is 1. The Bertz CT molecular complexity index is 704. The monoisotopic (exact) mass is 312 g/mol. The van der Waals surface area contributed by atoms with Crippen LogP contribution in [0.3, 0.4) is 0 Å². The molecule has 0 bridgehead atoms. The zero-order valence-electron chi connectivity index (χ0n) is 13.8. The number of nitrogens with one attached hydrogen (secondary N) is 2. The minimum atomic E-state index is -0.122. The van der Waals surface area contributed by atoms with Crippen molar-refractivity contribution in [2.24, 2.45) is 5.92 Å². The van der Waals surface area contributed by atoms with E-state index in [0.29, 0.717) is 11.9 Å². The maximum absolute atomic E-state index is 11.7. The molecule has 0 aromatic carbocycles. The van der Waals surface area contributed by atoms with Crippen molar-refractivity contribution in [3.8, 4) is 11.4 Å². The van der Waals surface area contributed by atoms with Gasteiger partial charge in [-0.3, -0.25) is 4.79 Å². The number of nitrogens with zero attached hydrogens (tertiary/aromatic N) is 2. The molecule has 23 heavy (non-hydrogen) atoms. The van der Waals surface area contributed by atoms with Crippen LogP contribution >= 0.6 is 0 Å². The summed E-state index contributed by atoms with van der Waals surface area (Å²) >= 11 is 0. The Kier molecular flexibility index (Phi) is 4.74. The summed E-state index contributed by atoms with van der Waals surface area (Å²) < 4.78 is 0. The lowest BCUT2D eigenvalue weighted by molar-refractivity contribution is 0.609. The zero-order chi connectivity index (χ0) is 16.2. The standard InChI is InChI=1S/C18H24N4O/c1-3-15-10-17(23)22-18(21-15)14-8-9-16(19-11-14)20-12(2)4-5-13-6-7-13/h8-13H,3-7H2,1-2H3,(H,19,20)(H,21,22,23). The Morgan fingerprint density at radius 1 is 1.39 bits per heavy atom. The van der Waals surface area contributed by atoms with Crippen LogP contribution in [0.15, 0.2) is 29.2 Å². The van der Waals surface area contributed by atoms with Crippen LogP contribution in [0.25, 0.3) is 11.4 Å². The fourth-order valence-electron chi connectivity index (χ4n) is 2.66. The molecule has 1 fully saturated rings. The fraction of sp³-hybridized carbons (Fsp3) is 0.500. The van der Waals surface area contributed by atoms with Crippen molar-refractivity contribution in [1.82, 2.24) is 15.0 Å². The number of aromatic nitrogens is 3. The first-order chi connectivity index (χ1) is 11.1. The first kappa shape index (κ1) is 15.7. The SMILES string of the molecule is CCc1cc(=O)[nH]c(-c2ccc(NC(C)CCC3CC3)nc2)n1. The molecule has 5 heteroatoms. The highest BCUT2D eigenvalue weighted by atomic mass is 16.1. The second-order valence-electron chi connectivity index (χ2n) is 6.44. The summed E-state index contributed by atoms with van der Waals surface area (Å²) in [4.78, 5) is 23.3. The summed E-state index contributed by atoms with van der Waals surface area (Å²) in [5, 5.41) is 3.43. The van der Waals surface area contributed by atoms with Crippen molar-refractivity contribution in [1.29, 1.82) is 0 Å². The lowest BCUT2D eigenvalue weighted by Crippen LogP contribution is -2.16. The molecular formula is C18H24N4O. The van der Waals surface area contributed by atoms with Gasteiger partial charge in [0.2, 0.25) is 0 Å². The van der Waals surface area contributed by atoms with Crippen molar-refractivity contribution in [2.75, 3.05) is 5.32 Å². The predicted molar refractivity (Wildman–Crippen MR) is 92.5 cm³/mol. The number of hydrogen-bond donors (Lipinski definition) is 2. The van der Waals surface area contributed by atoms with Crippen LogP contribution in [0, 0.1) is 5.92 Å². The Morgan fingerprint density at radius 3 is 2.87 bits per heavy atom. The van der Waals surface area contributed by atoms with Crippen LogP contribution in [-0.4, -0.2) is 21.0 Å². The lowest BCUT2D eigenvalue weighted by Gasteiger charge is -2.14. The number of aryl methyl sites for hydroxylation is 1. The minimum Gasteiger partial charge on any atom is -0.368 e. The Hall–Kier alpha value is -2.17. The minimum absolute atomic E-state index is 0.122. The van der Waals surface area contributed by atoms with Crippen molar-refractivity contribution in [2.45, 2.75) is 52.0 Å². The van der Waals surface area contributed by atoms with Gasteiger partial charge in [0, 0.05) is 29.6 Å². The lowest BCUT2D eigenvalue weighted by atomic mass is 10.1. The van der Waals surface area contributed by atoms with Crippen LogP contribution in [0.5, 0.6) is 0 Å². The van der Waals surface area contributed by atoms with E-state index in [-0.39, 0.29) is 5.56 Å². The summed E-state index contributed by atoms with van der Waals surface area (Å²) in [6, 6.07) is 5.85. The average molecular weight is 312 g/mol. The normalized spacial score (nSPS) is 15.4. The second kappa shape index (κ2) is 6.94. The average Bonchev–Trinajstić information content (AvgIpc) is 3.37. The van der Waals surface area contributed by atoms with Gasteiger partial charge in [0.15, 0.2) is 0 Å². The Morgan fingerprint density at radius 2 is 2.22 bits per heavy atom. The molecule has 2 aromatic heterocycles. The number of H-pyrrole nitrogens is 1. The molecule has 122 valence electrons. The van der Waals surface area contributed by atoms with Crippen LogP contribution in [-0.2, 0) is 6.42 Å². The first-order valence-electron chi connectivity index (χ1n) is 8.47. The molecule has 2 aromatic rings. The molecular weight excluding hydrogens is 288 g/mol. The molecule has 2 N–H and O–H groups in total. The molecule has 0 amide bonds. The van der Waals surface area contributed by atoms with Crippen molar-refractivity contribution in [3.05, 3.63) is 40.4 Å². The third-order valence-electron chi connectivity index (χ3n) is 4.29. The molecule has 2 heterocycles. The third kappa shape index (κ3) is 4.41. The summed E-state index contributed by atoms with van der Waals surface area (Å²) in [6.45, 7) is 4.18. The van der Waals surface area contributed by atoms with Crippen molar-refractivity contribution in [3.63, 3.8) is 0 Å². The van der Waals surface area contributed by atoms with Gasteiger partial charge in [-0.25, -0.2) is 9.97 Å². The quantitative estimate of drug-likeness (QED) is 0.822. The van der Waals surface area contributed by atoms with Gasteiger partial charge in [-0.15, -0.1) is 0 Å². The first-order valence-corrected chi connectivity index (χ1v) is 8.47. The number of aromatic amines is 1. The van der Waals surface area contributed by atoms with Gasteiger partial charge in [-0.05, 0) is 44.2 Å². The molecule has 1 aliphatic rings. The predicted octanol–water partition coefficient (Wildman–Crippen LogP) is 3.38. The third-order valence-corrected chi connectivity index (χ3v) is 4.29. The summed E-state index contributed by atoms with van der Waals surface area (Å²) in [5.41, 5.74) is 1.50. The molecule has 1 unspecified atom stereocenters. The Balaban J connectivity index is 1.66. The van der Waals surface area contributed by atoms with Gasteiger partial charge in [-0.2, -0.15) is 0 Å². The van der Waals surface area contributed by atoms with E-state index in [9.17, 15) is 4.79 Å². The Labute approximate surface area is 136 Å². The number of rotatable bonds is 7. The van der Waals surface area contributed by atoms with Gasteiger partial charge >= 0.3 is 0 Å². The topological polar surface area (TPSA) is 70.7 Å². The van der Waals surface area contributed by atoms with Crippen LogP contribution in [0.2, 0.25) is 0 Å². The highest BCUT2D eigenvalue weighted by Gasteiger charge is 2.21. The highest BCUT2D eigenvalue weighted by Crippen LogP contribution is 2.34. The molecule has 1 saturated carbocycles. The zero-order valence-corrected chi connectivity index (χ0v) is 13.8. The van der Waals surface area contributed by atoms with E-state index >= 15 is 0 Å². The molecule has 3 rings (SSSR count). The molecule has 5 nitrogen and oxygen atoms in total. The largest absolute Gasteiger partial charge is 0.368 e.